The minimum absolute atomic E-state index is 0.0888. The van der Waals surface area contributed by atoms with Crippen molar-refractivity contribution in [1.29, 1.82) is 0 Å². The number of hydrogen-bond acceptors (Lipinski definition) is 5. The molecule has 7 nitrogen and oxygen atoms in total. The van der Waals surface area contributed by atoms with Crippen LogP contribution in [-0.4, -0.2) is 46.8 Å². The zero-order valence-corrected chi connectivity index (χ0v) is 16.6. The van der Waals surface area contributed by atoms with E-state index >= 15 is 0 Å². The maximum atomic E-state index is 13.2. The molecule has 4 aliphatic rings. The van der Waals surface area contributed by atoms with Crippen molar-refractivity contribution in [1.82, 2.24) is 20.9 Å². The fraction of sp³-hybridized carbons (Fsp3) is 0.591. The molecule has 3 amide bonds. The van der Waals surface area contributed by atoms with Crippen LogP contribution in [-0.2, 0) is 22.7 Å². The number of nitrogens with one attached hydrogen (secondary N) is 3. The van der Waals surface area contributed by atoms with Crippen LogP contribution in [0.1, 0.15) is 66.4 Å². The third-order valence-corrected chi connectivity index (χ3v) is 6.93. The van der Waals surface area contributed by atoms with Crippen molar-refractivity contribution >= 4 is 17.7 Å². The average molecular weight is 396 g/mol. The molecule has 3 fully saturated rings. The number of rotatable bonds is 4. The molecule has 154 valence electrons. The number of nitrogens with zero attached hydrogens (tertiary/aromatic N) is 1. The normalized spacial score (nSPS) is 31.6. The first-order valence-corrected chi connectivity index (χ1v) is 10.8. The summed E-state index contributed by atoms with van der Waals surface area (Å²) in [6.07, 6.45) is 6.80. The topological polar surface area (TPSA) is 90.5 Å². The summed E-state index contributed by atoms with van der Waals surface area (Å²) in [6, 6.07) is 7.13. The van der Waals surface area contributed by atoms with Crippen LogP contribution >= 0.6 is 0 Å². The number of carbonyl (C=O) groups excluding carboxylic acids is 3. The summed E-state index contributed by atoms with van der Waals surface area (Å²) >= 11 is 0. The minimum atomic E-state index is -0.558. The molecule has 0 radical (unpaired) electrons. The van der Waals surface area contributed by atoms with E-state index in [1.165, 1.54) is 19.3 Å². The van der Waals surface area contributed by atoms with Gasteiger partial charge in [0.2, 0.25) is 11.8 Å². The number of imide groups is 1. The quantitative estimate of drug-likeness (QED) is 0.666. The Morgan fingerprint density at radius 2 is 1.86 bits per heavy atom. The van der Waals surface area contributed by atoms with Gasteiger partial charge in [-0.3, -0.25) is 19.7 Å². The van der Waals surface area contributed by atoms with Crippen LogP contribution in [0.15, 0.2) is 18.2 Å². The van der Waals surface area contributed by atoms with Crippen molar-refractivity contribution in [2.75, 3.05) is 0 Å². The lowest BCUT2D eigenvalue weighted by atomic mass is 9.84. The number of carbonyl (C=O) groups is 3. The largest absolute Gasteiger partial charge is 0.322 e. The Morgan fingerprint density at radius 3 is 2.62 bits per heavy atom. The van der Waals surface area contributed by atoms with E-state index in [0.717, 1.165) is 29.5 Å². The van der Waals surface area contributed by atoms with Crippen LogP contribution in [0.5, 0.6) is 0 Å². The van der Waals surface area contributed by atoms with Gasteiger partial charge in [0, 0.05) is 43.2 Å². The molecule has 29 heavy (non-hydrogen) atoms. The molecule has 0 aromatic heterocycles. The van der Waals surface area contributed by atoms with Crippen LogP contribution in [0.3, 0.4) is 0 Å². The highest BCUT2D eigenvalue weighted by Gasteiger charge is 2.40. The molecule has 4 aliphatic heterocycles. The molecule has 1 aromatic carbocycles. The Labute approximate surface area is 170 Å². The Kier molecular flexibility index (Phi) is 4.87. The monoisotopic (exact) mass is 396 g/mol. The van der Waals surface area contributed by atoms with E-state index in [4.69, 9.17) is 0 Å². The fourth-order valence-corrected chi connectivity index (χ4v) is 5.52. The van der Waals surface area contributed by atoms with Crippen LogP contribution in [0.25, 0.3) is 0 Å². The molecule has 0 aliphatic carbocycles. The van der Waals surface area contributed by atoms with Gasteiger partial charge in [-0.25, -0.2) is 0 Å². The van der Waals surface area contributed by atoms with Gasteiger partial charge in [0.15, 0.2) is 0 Å². The van der Waals surface area contributed by atoms with E-state index in [1.54, 1.807) is 4.90 Å². The highest BCUT2D eigenvalue weighted by Crippen LogP contribution is 2.30. The summed E-state index contributed by atoms with van der Waals surface area (Å²) in [5, 5.41) is 9.77. The van der Waals surface area contributed by atoms with Gasteiger partial charge in [-0.1, -0.05) is 24.6 Å². The highest BCUT2D eigenvalue weighted by molar-refractivity contribution is 6.05. The second-order valence-electron chi connectivity index (χ2n) is 8.89. The first-order chi connectivity index (χ1) is 14.1. The summed E-state index contributed by atoms with van der Waals surface area (Å²) in [4.78, 5) is 38.5. The molecular formula is C22H28N4O3. The molecule has 0 saturated carbocycles. The van der Waals surface area contributed by atoms with E-state index in [-0.39, 0.29) is 24.1 Å². The number of fused-ring (bicyclic) bond motifs is 3. The Bertz CT molecular complexity index is 842. The van der Waals surface area contributed by atoms with Crippen molar-refractivity contribution in [3.8, 4) is 0 Å². The number of hydrogen-bond donors (Lipinski definition) is 3. The van der Waals surface area contributed by atoms with Gasteiger partial charge in [0.25, 0.3) is 5.91 Å². The lowest BCUT2D eigenvalue weighted by molar-refractivity contribution is -0.136. The number of piperidine rings is 3. The lowest BCUT2D eigenvalue weighted by Gasteiger charge is -2.40. The molecule has 0 spiro atoms. The van der Waals surface area contributed by atoms with Gasteiger partial charge in [-0.15, -0.1) is 0 Å². The lowest BCUT2D eigenvalue weighted by Crippen LogP contribution is -2.53. The number of benzene rings is 1. The first-order valence-electron chi connectivity index (χ1n) is 10.8. The summed E-state index contributed by atoms with van der Waals surface area (Å²) in [5.41, 5.74) is 2.71. The van der Waals surface area contributed by atoms with Crippen molar-refractivity contribution in [3.05, 3.63) is 34.9 Å². The maximum absolute atomic E-state index is 13.2. The molecule has 3 unspecified atom stereocenters. The van der Waals surface area contributed by atoms with Crippen LogP contribution < -0.4 is 16.0 Å². The SMILES string of the molecule is O=C1CCC(N2Cc3cccc(CNC4CC5CCCC(C4)N5)c3C2=O)C(=O)N1. The third-order valence-electron chi connectivity index (χ3n) is 6.93. The van der Waals surface area contributed by atoms with E-state index in [9.17, 15) is 14.4 Å². The smallest absolute Gasteiger partial charge is 0.255 e. The van der Waals surface area contributed by atoms with Crippen molar-refractivity contribution in [2.45, 2.75) is 82.2 Å². The van der Waals surface area contributed by atoms with Gasteiger partial charge < -0.3 is 15.5 Å². The molecule has 3 N–H and O–H groups in total. The van der Waals surface area contributed by atoms with Crippen LogP contribution in [0.2, 0.25) is 0 Å². The van der Waals surface area contributed by atoms with Gasteiger partial charge in [-0.05, 0) is 43.2 Å². The molecule has 7 heteroatoms. The Balaban J connectivity index is 1.29. The highest BCUT2D eigenvalue weighted by atomic mass is 16.2. The van der Waals surface area contributed by atoms with E-state index in [2.05, 4.69) is 16.0 Å². The summed E-state index contributed by atoms with van der Waals surface area (Å²) in [5.74, 6) is -0.704. The van der Waals surface area contributed by atoms with Crippen LogP contribution in [0.4, 0.5) is 0 Å². The van der Waals surface area contributed by atoms with Crippen molar-refractivity contribution in [3.63, 3.8) is 0 Å². The van der Waals surface area contributed by atoms with Gasteiger partial charge in [-0.2, -0.15) is 0 Å². The Hall–Kier alpha value is -2.25. The molecular weight excluding hydrogens is 368 g/mol. The van der Waals surface area contributed by atoms with Gasteiger partial charge in [0.1, 0.15) is 6.04 Å². The second-order valence-corrected chi connectivity index (χ2v) is 8.89. The zero-order chi connectivity index (χ0) is 20.0. The van der Waals surface area contributed by atoms with Crippen molar-refractivity contribution in [2.24, 2.45) is 0 Å². The molecule has 3 saturated heterocycles. The Morgan fingerprint density at radius 1 is 1.07 bits per heavy atom. The standard InChI is InChI=1S/C22H28N4O3/c27-19-8-7-18(21(28)25-19)26-12-14-4-1-3-13(20(14)22(26)29)11-23-17-9-15-5-2-6-16(10-17)24-15/h1,3-4,15-18,23-24H,2,5-12H2,(H,25,27,28). The molecule has 1 aromatic rings. The molecule has 5 rings (SSSR count). The predicted molar refractivity (Wildman–Crippen MR) is 107 cm³/mol. The van der Waals surface area contributed by atoms with E-state index < -0.39 is 6.04 Å². The summed E-state index contributed by atoms with van der Waals surface area (Å²) in [7, 11) is 0. The summed E-state index contributed by atoms with van der Waals surface area (Å²) < 4.78 is 0. The fourth-order valence-electron chi connectivity index (χ4n) is 5.52. The van der Waals surface area contributed by atoms with E-state index in [0.29, 0.717) is 37.6 Å². The molecule has 4 heterocycles. The third kappa shape index (κ3) is 3.57. The summed E-state index contributed by atoms with van der Waals surface area (Å²) in [6.45, 7) is 1.11. The first kappa shape index (κ1) is 18.8. The predicted octanol–water partition coefficient (Wildman–Crippen LogP) is 1.21. The van der Waals surface area contributed by atoms with Gasteiger partial charge in [0.05, 0.1) is 0 Å². The zero-order valence-electron chi connectivity index (χ0n) is 16.6. The number of amides is 3. The van der Waals surface area contributed by atoms with Gasteiger partial charge >= 0.3 is 0 Å². The minimum Gasteiger partial charge on any atom is -0.322 e. The maximum Gasteiger partial charge on any atom is 0.255 e. The second kappa shape index (κ2) is 7.54. The van der Waals surface area contributed by atoms with E-state index in [1.807, 2.05) is 18.2 Å². The average Bonchev–Trinajstić information content (AvgIpc) is 3.03. The van der Waals surface area contributed by atoms with Crippen molar-refractivity contribution < 1.29 is 14.4 Å². The molecule has 3 atom stereocenters. The molecule has 2 bridgehead atoms. The van der Waals surface area contributed by atoms with Crippen LogP contribution in [0, 0.1) is 0 Å².